The van der Waals surface area contributed by atoms with Crippen LogP contribution in [-0.4, -0.2) is 53.6 Å². The lowest BCUT2D eigenvalue weighted by Gasteiger charge is -2.22. The van der Waals surface area contributed by atoms with Crippen LogP contribution in [0.3, 0.4) is 0 Å². The Bertz CT molecular complexity index is 277. The number of carbonyl (C=O) groups is 2. The maximum Gasteiger partial charge on any atom is 0.306 e. The van der Waals surface area contributed by atoms with Crippen molar-refractivity contribution >= 4 is 28.6 Å². The minimum atomic E-state index is -1.85. The molecule has 0 atom stereocenters. The summed E-state index contributed by atoms with van der Waals surface area (Å²) in [6, 6.07) is 0. The van der Waals surface area contributed by atoms with E-state index in [0.29, 0.717) is 0 Å². The molecule has 0 aromatic heterocycles. The number of nitrogens with zero attached hydrogens (tertiary/aromatic N) is 1. The van der Waals surface area contributed by atoms with E-state index in [9.17, 15) is 9.59 Å². The molecule has 0 aliphatic rings. The molecule has 0 heterocycles. The monoisotopic (exact) mass is 291 g/mol. The summed E-state index contributed by atoms with van der Waals surface area (Å²) in [5.74, 6) is -0.560. The molecule has 0 fully saturated rings. The van der Waals surface area contributed by atoms with Gasteiger partial charge in [0.15, 0.2) is 0 Å². The summed E-state index contributed by atoms with van der Waals surface area (Å²) >= 11 is 0. The third kappa shape index (κ3) is 10.5. The van der Waals surface area contributed by atoms with Crippen molar-refractivity contribution < 1.29 is 18.4 Å². The standard InChI is InChI=1S/C11H25NO4Si2/c1-12(8-10(13)15-17(2,3)4)9-11(14)16-18(5,6)7/h8-9H2,1-7H3. The number of hydrogen-bond acceptors (Lipinski definition) is 5. The van der Waals surface area contributed by atoms with E-state index in [1.165, 1.54) is 0 Å². The summed E-state index contributed by atoms with van der Waals surface area (Å²) < 4.78 is 10.6. The van der Waals surface area contributed by atoms with Gasteiger partial charge in [-0.25, -0.2) is 0 Å². The smallest absolute Gasteiger partial charge is 0.306 e. The first-order chi connectivity index (χ1) is 7.89. The van der Waals surface area contributed by atoms with E-state index >= 15 is 0 Å². The average molecular weight is 291 g/mol. The Hall–Kier alpha value is -0.666. The van der Waals surface area contributed by atoms with Crippen LogP contribution in [0, 0.1) is 0 Å². The molecule has 0 unspecified atom stereocenters. The van der Waals surface area contributed by atoms with Crippen molar-refractivity contribution in [2.45, 2.75) is 39.3 Å². The van der Waals surface area contributed by atoms with Gasteiger partial charge in [-0.2, -0.15) is 0 Å². The molecule has 0 aromatic carbocycles. The first-order valence-corrected chi connectivity index (χ1v) is 12.8. The van der Waals surface area contributed by atoms with Crippen LogP contribution in [0.4, 0.5) is 0 Å². The molecule has 0 amide bonds. The molecule has 0 saturated heterocycles. The van der Waals surface area contributed by atoms with Gasteiger partial charge in [0.05, 0.1) is 13.1 Å². The van der Waals surface area contributed by atoms with Crippen LogP contribution >= 0.6 is 0 Å². The summed E-state index contributed by atoms with van der Waals surface area (Å²) in [5.41, 5.74) is 0. The predicted octanol–water partition coefficient (Wildman–Crippen LogP) is 1.67. The third-order valence-corrected chi connectivity index (χ3v) is 3.32. The number of carbonyl (C=O) groups excluding carboxylic acids is 2. The topological polar surface area (TPSA) is 55.8 Å². The van der Waals surface area contributed by atoms with Gasteiger partial charge < -0.3 is 8.85 Å². The largest absolute Gasteiger partial charge is 0.519 e. The second-order valence-electron chi connectivity index (χ2n) is 6.35. The zero-order valence-corrected chi connectivity index (χ0v) is 14.5. The van der Waals surface area contributed by atoms with E-state index in [1.54, 1.807) is 11.9 Å². The van der Waals surface area contributed by atoms with Gasteiger partial charge >= 0.3 is 11.9 Å². The van der Waals surface area contributed by atoms with Gasteiger partial charge in [-0.3, -0.25) is 14.5 Å². The second kappa shape index (κ2) is 6.49. The molecule has 7 heteroatoms. The van der Waals surface area contributed by atoms with Gasteiger partial charge in [0, 0.05) is 0 Å². The Morgan fingerprint density at radius 2 is 1.11 bits per heavy atom. The van der Waals surface area contributed by atoms with Crippen LogP contribution in [0.1, 0.15) is 0 Å². The van der Waals surface area contributed by atoms with Crippen molar-refractivity contribution in [3.05, 3.63) is 0 Å². The Labute approximate surface area is 112 Å². The van der Waals surface area contributed by atoms with Crippen molar-refractivity contribution in [3.63, 3.8) is 0 Å². The van der Waals surface area contributed by atoms with Gasteiger partial charge in [0.1, 0.15) is 0 Å². The Morgan fingerprint density at radius 1 is 0.833 bits per heavy atom. The van der Waals surface area contributed by atoms with E-state index in [2.05, 4.69) is 0 Å². The number of hydrogen-bond donors (Lipinski definition) is 0. The fourth-order valence-corrected chi connectivity index (χ4v) is 2.74. The Morgan fingerprint density at radius 3 is 1.33 bits per heavy atom. The highest BCUT2D eigenvalue weighted by molar-refractivity contribution is 6.71. The second-order valence-corrected chi connectivity index (χ2v) is 15.2. The van der Waals surface area contributed by atoms with Crippen LogP contribution in [-0.2, 0) is 18.4 Å². The van der Waals surface area contributed by atoms with Crippen LogP contribution in [0.15, 0.2) is 0 Å². The lowest BCUT2D eigenvalue weighted by Crippen LogP contribution is -2.39. The van der Waals surface area contributed by atoms with Gasteiger partial charge in [-0.05, 0) is 46.3 Å². The van der Waals surface area contributed by atoms with Crippen LogP contribution in [0.5, 0.6) is 0 Å². The molecular weight excluding hydrogens is 266 g/mol. The SMILES string of the molecule is CN(CC(=O)O[Si](C)(C)C)CC(=O)O[Si](C)(C)C. The van der Waals surface area contributed by atoms with Crippen LogP contribution in [0.2, 0.25) is 39.3 Å². The molecule has 0 radical (unpaired) electrons. The molecule has 0 bridgehead atoms. The maximum atomic E-state index is 11.6. The molecule has 0 aliphatic heterocycles. The van der Waals surface area contributed by atoms with Gasteiger partial charge in [0.25, 0.3) is 0 Å². The summed E-state index contributed by atoms with van der Waals surface area (Å²) in [7, 11) is -2.00. The fraction of sp³-hybridized carbons (Fsp3) is 0.818. The lowest BCUT2D eigenvalue weighted by atomic mass is 10.5. The first kappa shape index (κ1) is 17.3. The first-order valence-electron chi connectivity index (χ1n) is 6.01. The highest BCUT2D eigenvalue weighted by atomic mass is 28.4. The molecule has 18 heavy (non-hydrogen) atoms. The molecule has 0 N–H and O–H groups in total. The fourth-order valence-electron chi connectivity index (χ4n) is 1.24. The quantitative estimate of drug-likeness (QED) is 0.697. The van der Waals surface area contributed by atoms with Crippen LogP contribution < -0.4 is 0 Å². The molecular formula is C11H25NO4Si2. The molecule has 0 aromatic rings. The van der Waals surface area contributed by atoms with E-state index in [0.717, 1.165) is 0 Å². The summed E-state index contributed by atoms with van der Waals surface area (Å²) in [4.78, 5) is 24.7. The zero-order valence-electron chi connectivity index (χ0n) is 12.5. The molecule has 0 spiro atoms. The molecule has 0 aliphatic carbocycles. The van der Waals surface area contributed by atoms with E-state index in [1.807, 2.05) is 39.3 Å². The molecule has 106 valence electrons. The van der Waals surface area contributed by atoms with Crippen molar-refractivity contribution in [1.29, 1.82) is 0 Å². The van der Waals surface area contributed by atoms with E-state index < -0.39 is 16.6 Å². The van der Waals surface area contributed by atoms with Crippen molar-refractivity contribution in [2.75, 3.05) is 20.1 Å². The Kier molecular flexibility index (Phi) is 6.25. The van der Waals surface area contributed by atoms with Gasteiger partial charge in [-0.15, -0.1) is 0 Å². The number of rotatable bonds is 6. The third-order valence-electron chi connectivity index (χ3n) is 1.64. The predicted molar refractivity (Wildman–Crippen MR) is 76.4 cm³/mol. The van der Waals surface area contributed by atoms with E-state index in [4.69, 9.17) is 8.85 Å². The average Bonchev–Trinajstić information content (AvgIpc) is 1.92. The molecule has 0 rings (SSSR count). The summed E-state index contributed by atoms with van der Waals surface area (Å²) in [5, 5.41) is 0. The maximum absolute atomic E-state index is 11.6. The minimum Gasteiger partial charge on any atom is -0.519 e. The molecule has 5 nitrogen and oxygen atoms in total. The number of likely N-dealkylation sites (N-methyl/N-ethyl adjacent to an activating group) is 1. The lowest BCUT2D eigenvalue weighted by molar-refractivity contribution is -0.139. The van der Waals surface area contributed by atoms with Crippen molar-refractivity contribution in [3.8, 4) is 0 Å². The highest BCUT2D eigenvalue weighted by Gasteiger charge is 2.23. The van der Waals surface area contributed by atoms with Crippen molar-refractivity contribution in [1.82, 2.24) is 4.90 Å². The van der Waals surface area contributed by atoms with Gasteiger partial charge in [-0.1, -0.05) is 0 Å². The minimum absolute atomic E-state index is 0.116. The zero-order chi connectivity index (χ0) is 14.6. The summed E-state index contributed by atoms with van der Waals surface area (Å²) in [6.45, 7) is 11.9. The van der Waals surface area contributed by atoms with E-state index in [-0.39, 0.29) is 25.0 Å². The normalized spacial score (nSPS) is 12.4. The van der Waals surface area contributed by atoms with Crippen molar-refractivity contribution in [2.24, 2.45) is 0 Å². The summed E-state index contributed by atoms with van der Waals surface area (Å²) in [6.07, 6.45) is 0. The Balaban J connectivity index is 4.08. The van der Waals surface area contributed by atoms with Gasteiger partial charge in [0.2, 0.25) is 16.6 Å². The highest BCUT2D eigenvalue weighted by Crippen LogP contribution is 2.05. The molecule has 0 saturated carbocycles. The van der Waals surface area contributed by atoms with Crippen LogP contribution in [0.25, 0.3) is 0 Å².